The zero-order chi connectivity index (χ0) is 25.6. The second kappa shape index (κ2) is 7.94. The van der Waals surface area contributed by atoms with E-state index in [4.69, 9.17) is 4.74 Å². The van der Waals surface area contributed by atoms with Gasteiger partial charge in [0, 0.05) is 17.8 Å². The third-order valence-electron chi connectivity index (χ3n) is 13.6. The van der Waals surface area contributed by atoms with Crippen LogP contribution in [-0.2, 0) is 14.3 Å². The van der Waals surface area contributed by atoms with Crippen molar-refractivity contribution in [2.45, 2.75) is 119 Å². The van der Waals surface area contributed by atoms with Gasteiger partial charge in [0.25, 0.3) is 0 Å². The van der Waals surface area contributed by atoms with Crippen molar-refractivity contribution in [1.82, 2.24) is 0 Å². The van der Waals surface area contributed by atoms with Gasteiger partial charge in [0.15, 0.2) is 0 Å². The minimum absolute atomic E-state index is 0.00743. The molecular weight excluding hydrogens is 432 g/mol. The van der Waals surface area contributed by atoms with Gasteiger partial charge in [0.2, 0.25) is 0 Å². The molecule has 35 heavy (non-hydrogen) atoms. The van der Waals surface area contributed by atoms with E-state index in [2.05, 4.69) is 48.1 Å². The summed E-state index contributed by atoms with van der Waals surface area (Å²) in [5.41, 5.74) is 2.05. The molecule has 5 aliphatic rings. The Labute approximate surface area is 214 Å². The molecule has 5 fully saturated rings. The third-order valence-corrected chi connectivity index (χ3v) is 13.6. The fourth-order valence-corrected chi connectivity index (χ4v) is 11.8. The van der Waals surface area contributed by atoms with E-state index in [1.54, 1.807) is 6.92 Å². The summed E-state index contributed by atoms with van der Waals surface area (Å²) in [6.07, 6.45) is 13.1. The van der Waals surface area contributed by atoms with Crippen molar-refractivity contribution in [3.63, 3.8) is 0 Å². The number of allylic oxidation sites excluding steroid dienone is 1. The van der Waals surface area contributed by atoms with Crippen LogP contribution >= 0.6 is 0 Å². The number of rotatable bonds is 3. The van der Waals surface area contributed by atoms with E-state index in [1.165, 1.54) is 44.0 Å². The minimum atomic E-state index is -0.134. The molecule has 0 amide bonds. The maximum Gasteiger partial charge on any atom is 0.302 e. The van der Waals surface area contributed by atoms with Gasteiger partial charge in [-0.05, 0) is 117 Å². The smallest absolute Gasteiger partial charge is 0.302 e. The van der Waals surface area contributed by atoms with Gasteiger partial charge in [-0.2, -0.15) is 0 Å². The van der Waals surface area contributed by atoms with Crippen LogP contribution in [0.3, 0.4) is 0 Å². The largest absolute Gasteiger partial charge is 0.462 e. The summed E-state index contributed by atoms with van der Waals surface area (Å²) in [6.45, 7) is 20.8. The topological polar surface area (TPSA) is 43.4 Å². The molecule has 5 rings (SSSR count). The molecule has 0 N–H and O–H groups in total. The Morgan fingerprint density at radius 3 is 2.17 bits per heavy atom. The van der Waals surface area contributed by atoms with E-state index in [1.807, 2.05) is 0 Å². The zero-order valence-corrected chi connectivity index (χ0v) is 23.5. The van der Waals surface area contributed by atoms with Crippen LogP contribution in [0.1, 0.15) is 113 Å². The second-order valence-corrected chi connectivity index (χ2v) is 15.0. The number of carbonyl (C=O) groups excluding carboxylic acids is 2. The van der Waals surface area contributed by atoms with Crippen LogP contribution < -0.4 is 0 Å². The van der Waals surface area contributed by atoms with E-state index in [0.29, 0.717) is 35.0 Å². The van der Waals surface area contributed by atoms with Gasteiger partial charge in [-0.1, -0.05) is 46.8 Å². The average Bonchev–Trinajstić information content (AvgIpc) is 3.16. The number of fused-ring (bicyclic) bond motifs is 7. The molecule has 0 spiro atoms. The second-order valence-electron chi connectivity index (χ2n) is 15.0. The zero-order valence-electron chi connectivity index (χ0n) is 23.5. The number of carbonyl (C=O) groups is 2. The van der Waals surface area contributed by atoms with E-state index in [9.17, 15) is 9.59 Å². The van der Waals surface area contributed by atoms with Gasteiger partial charge in [-0.15, -0.1) is 0 Å². The highest BCUT2D eigenvalue weighted by Gasteiger charge is 2.71. The summed E-state index contributed by atoms with van der Waals surface area (Å²) in [4.78, 5) is 24.5. The Hall–Kier alpha value is -1.12. The van der Waals surface area contributed by atoms with Crippen molar-refractivity contribution in [1.29, 1.82) is 0 Å². The number of hydrogen-bond acceptors (Lipinski definition) is 3. The summed E-state index contributed by atoms with van der Waals surface area (Å²) in [6, 6.07) is 0. The first-order valence-corrected chi connectivity index (χ1v) is 14.6. The van der Waals surface area contributed by atoms with Crippen LogP contribution in [0, 0.1) is 56.7 Å². The molecule has 0 heterocycles. The summed E-state index contributed by atoms with van der Waals surface area (Å²) >= 11 is 0. The Morgan fingerprint density at radius 2 is 1.54 bits per heavy atom. The van der Waals surface area contributed by atoms with Crippen molar-refractivity contribution >= 4 is 12.3 Å². The van der Waals surface area contributed by atoms with Crippen LogP contribution in [0.2, 0.25) is 0 Å². The summed E-state index contributed by atoms with van der Waals surface area (Å²) in [5.74, 6) is 2.76. The lowest BCUT2D eigenvalue weighted by atomic mass is 9.32. The van der Waals surface area contributed by atoms with Crippen molar-refractivity contribution < 1.29 is 14.3 Å². The summed E-state index contributed by atoms with van der Waals surface area (Å²) in [7, 11) is 0. The lowest BCUT2D eigenvalue weighted by Gasteiger charge is -2.72. The Bertz CT molecular complexity index is 920. The Morgan fingerprint density at radius 1 is 0.829 bits per heavy atom. The van der Waals surface area contributed by atoms with Gasteiger partial charge >= 0.3 is 5.97 Å². The molecule has 10 atom stereocenters. The molecule has 3 heteroatoms. The van der Waals surface area contributed by atoms with Gasteiger partial charge in [-0.3, -0.25) is 4.79 Å². The first-order valence-electron chi connectivity index (χ1n) is 14.6. The maximum absolute atomic E-state index is 12.6. The van der Waals surface area contributed by atoms with E-state index in [-0.39, 0.29) is 33.7 Å². The first-order chi connectivity index (χ1) is 16.3. The average molecular weight is 483 g/mol. The van der Waals surface area contributed by atoms with Crippen LogP contribution in [0.4, 0.5) is 0 Å². The van der Waals surface area contributed by atoms with Gasteiger partial charge in [0.1, 0.15) is 12.4 Å². The van der Waals surface area contributed by atoms with Gasteiger partial charge in [-0.25, -0.2) is 0 Å². The highest BCUT2D eigenvalue weighted by molar-refractivity contribution is 5.66. The number of aldehydes is 1. The van der Waals surface area contributed by atoms with E-state index >= 15 is 0 Å². The molecule has 0 aromatic rings. The standard InChI is InChI=1S/C32H50O3/c1-20(2)22-11-16-32(19-33)18-17-30(7)23(27(22)32)9-10-25-29(6)14-13-26(35-21(3)34)28(4,5)24(29)12-15-31(25,30)8/h19,22-27H,1,9-18H2,2-8H3/t22-,23+,24?,25?,26+,27?,29-,30+,31+,32+/m0/s1. The van der Waals surface area contributed by atoms with Gasteiger partial charge in [0.05, 0.1) is 0 Å². The van der Waals surface area contributed by atoms with Crippen LogP contribution in [0.15, 0.2) is 12.2 Å². The molecule has 5 aliphatic carbocycles. The predicted molar refractivity (Wildman–Crippen MR) is 141 cm³/mol. The van der Waals surface area contributed by atoms with Gasteiger partial charge < -0.3 is 9.53 Å². The molecule has 5 saturated carbocycles. The molecule has 0 aromatic heterocycles. The highest BCUT2D eigenvalue weighted by Crippen LogP contribution is 2.77. The Balaban J connectivity index is 1.51. The monoisotopic (exact) mass is 482 g/mol. The molecule has 0 aliphatic heterocycles. The van der Waals surface area contributed by atoms with Crippen molar-refractivity contribution in [2.24, 2.45) is 56.7 Å². The normalized spacial score (nSPS) is 52.3. The van der Waals surface area contributed by atoms with Crippen LogP contribution in [-0.4, -0.2) is 18.4 Å². The Kier molecular flexibility index (Phi) is 5.79. The molecule has 0 aromatic carbocycles. The molecule has 3 nitrogen and oxygen atoms in total. The van der Waals surface area contributed by atoms with Crippen molar-refractivity contribution in [3.8, 4) is 0 Å². The third kappa shape index (κ3) is 3.21. The van der Waals surface area contributed by atoms with E-state index in [0.717, 1.165) is 32.1 Å². The maximum atomic E-state index is 12.6. The first kappa shape index (κ1) is 25.5. The SMILES string of the molecule is C=C(C)[C@@H]1CC[C@]2(C=O)CC[C@]3(C)[C@H](CCC4[C@@]5(C)CC[C@@H](OC(C)=O)C(C)(C)C5CC[C@]43C)C12. The van der Waals surface area contributed by atoms with Crippen LogP contribution in [0.25, 0.3) is 0 Å². The molecular formula is C32H50O3. The number of ether oxygens (including phenoxy) is 1. The highest BCUT2D eigenvalue weighted by atomic mass is 16.5. The molecule has 0 radical (unpaired) electrons. The van der Waals surface area contributed by atoms with Crippen molar-refractivity contribution in [3.05, 3.63) is 12.2 Å². The molecule has 196 valence electrons. The summed E-state index contributed by atoms with van der Waals surface area (Å²) < 4.78 is 5.89. The van der Waals surface area contributed by atoms with Crippen molar-refractivity contribution in [2.75, 3.05) is 0 Å². The van der Waals surface area contributed by atoms with Crippen LogP contribution in [0.5, 0.6) is 0 Å². The molecule has 3 unspecified atom stereocenters. The minimum Gasteiger partial charge on any atom is -0.462 e. The fraction of sp³-hybridized carbons (Fsp3) is 0.875. The number of esters is 1. The summed E-state index contributed by atoms with van der Waals surface area (Å²) in [5, 5.41) is 0. The lowest BCUT2D eigenvalue weighted by Crippen LogP contribution is -2.66. The molecule has 0 saturated heterocycles. The quantitative estimate of drug-likeness (QED) is 0.234. The van der Waals surface area contributed by atoms with E-state index < -0.39 is 0 Å². The molecule has 0 bridgehead atoms. The predicted octanol–water partition coefficient (Wildman–Crippen LogP) is 7.77. The number of hydrogen-bond donors (Lipinski definition) is 0. The fourth-order valence-electron chi connectivity index (χ4n) is 11.8. The lowest BCUT2D eigenvalue weighted by molar-refractivity contribution is -0.247.